The zero-order valence-corrected chi connectivity index (χ0v) is 17.2. The molecule has 7 heteroatoms. The third-order valence-electron chi connectivity index (χ3n) is 4.20. The molecule has 1 atom stereocenters. The highest BCUT2D eigenvalue weighted by Gasteiger charge is 2.20. The molecule has 2 aromatic rings. The van der Waals surface area contributed by atoms with Crippen LogP contribution >= 0.6 is 11.6 Å². The molecule has 0 unspecified atom stereocenters. The number of hydrogen-bond donors (Lipinski definition) is 1. The number of rotatable bonds is 8. The van der Waals surface area contributed by atoms with E-state index in [2.05, 4.69) is 5.32 Å². The number of carbonyl (C=O) groups excluding carboxylic acids is 1. The van der Waals surface area contributed by atoms with Crippen molar-refractivity contribution in [1.82, 2.24) is 5.32 Å². The lowest BCUT2D eigenvalue weighted by Gasteiger charge is -2.26. The Balaban J connectivity index is 1.56. The molecular formula is C22H24ClNO5. The maximum absolute atomic E-state index is 12.2. The third-order valence-corrected chi connectivity index (χ3v) is 4.48. The van der Waals surface area contributed by atoms with Crippen LogP contribution in [0, 0.1) is 0 Å². The Labute approximate surface area is 175 Å². The van der Waals surface area contributed by atoms with Crippen LogP contribution in [0.4, 0.5) is 0 Å². The Morgan fingerprint density at radius 2 is 2.10 bits per heavy atom. The second kappa shape index (κ2) is 10.1. The number of methoxy groups -OCH3 is 1. The van der Waals surface area contributed by atoms with E-state index < -0.39 is 0 Å². The summed E-state index contributed by atoms with van der Waals surface area (Å²) in [6, 6.07) is 11.0. The van der Waals surface area contributed by atoms with E-state index in [9.17, 15) is 4.79 Å². The van der Waals surface area contributed by atoms with Gasteiger partial charge in [0.2, 0.25) is 5.91 Å². The minimum atomic E-state index is -0.244. The molecule has 0 saturated heterocycles. The second-order valence-corrected chi connectivity index (χ2v) is 6.87. The normalized spacial score (nSPS) is 15.2. The van der Waals surface area contributed by atoms with Gasteiger partial charge in [-0.1, -0.05) is 30.7 Å². The van der Waals surface area contributed by atoms with Crippen molar-refractivity contribution in [3.8, 4) is 23.0 Å². The third kappa shape index (κ3) is 5.57. The van der Waals surface area contributed by atoms with E-state index in [1.165, 1.54) is 6.08 Å². The summed E-state index contributed by atoms with van der Waals surface area (Å²) in [5.41, 5.74) is 0.733. The van der Waals surface area contributed by atoms with E-state index in [4.69, 9.17) is 30.5 Å². The molecule has 1 aliphatic heterocycles. The summed E-state index contributed by atoms with van der Waals surface area (Å²) >= 11 is 6.30. The molecule has 2 aromatic carbocycles. The van der Waals surface area contributed by atoms with Crippen LogP contribution in [0.3, 0.4) is 0 Å². The topological polar surface area (TPSA) is 66.0 Å². The molecule has 1 N–H and O–H groups in total. The van der Waals surface area contributed by atoms with E-state index in [1.807, 2.05) is 31.2 Å². The highest BCUT2D eigenvalue weighted by molar-refractivity contribution is 6.32. The number of halogens is 1. The van der Waals surface area contributed by atoms with Crippen molar-refractivity contribution in [1.29, 1.82) is 0 Å². The van der Waals surface area contributed by atoms with E-state index in [0.717, 1.165) is 12.0 Å². The zero-order chi connectivity index (χ0) is 20.6. The van der Waals surface area contributed by atoms with Crippen molar-refractivity contribution in [3.63, 3.8) is 0 Å². The van der Waals surface area contributed by atoms with Gasteiger partial charge in [0.25, 0.3) is 0 Å². The van der Waals surface area contributed by atoms with Crippen LogP contribution in [0.15, 0.2) is 42.5 Å². The van der Waals surface area contributed by atoms with Crippen molar-refractivity contribution < 1.29 is 23.7 Å². The van der Waals surface area contributed by atoms with Crippen molar-refractivity contribution >= 4 is 23.6 Å². The lowest BCUT2D eigenvalue weighted by Crippen LogP contribution is -2.40. The number of carbonyl (C=O) groups is 1. The van der Waals surface area contributed by atoms with Gasteiger partial charge in [-0.3, -0.25) is 4.79 Å². The fourth-order valence-electron chi connectivity index (χ4n) is 2.79. The van der Waals surface area contributed by atoms with Gasteiger partial charge in [0.15, 0.2) is 23.0 Å². The van der Waals surface area contributed by atoms with Gasteiger partial charge >= 0.3 is 0 Å². The molecule has 3 rings (SSSR count). The van der Waals surface area contributed by atoms with Gasteiger partial charge in [-0.05, 0) is 42.3 Å². The van der Waals surface area contributed by atoms with Gasteiger partial charge in [-0.2, -0.15) is 0 Å². The predicted octanol–water partition coefficient (Wildman–Crippen LogP) is 4.11. The molecule has 29 heavy (non-hydrogen) atoms. The number of benzene rings is 2. The molecule has 0 fully saturated rings. The van der Waals surface area contributed by atoms with Gasteiger partial charge < -0.3 is 24.3 Å². The summed E-state index contributed by atoms with van der Waals surface area (Å²) < 4.78 is 22.5. The Kier molecular flexibility index (Phi) is 7.25. The van der Waals surface area contributed by atoms with Gasteiger partial charge in [-0.25, -0.2) is 0 Å². The van der Waals surface area contributed by atoms with Gasteiger partial charge in [0.05, 0.1) is 25.3 Å². The average molecular weight is 418 g/mol. The molecule has 0 aromatic heterocycles. The van der Waals surface area contributed by atoms with Crippen LogP contribution in [0.25, 0.3) is 6.08 Å². The Bertz CT molecular complexity index is 884. The predicted molar refractivity (Wildman–Crippen MR) is 112 cm³/mol. The number of para-hydroxylation sites is 2. The second-order valence-electron chi connectivity index (χ2n) is 6.46. The lowest BCUT2D eigenvalue weighted by atomic mass is 10.2. The molecule has 6 nitrogen and oxygen atoms in total. The Morgan fingerprint density at radius 3 is 2.86 bits per heavy atom. The van der Waals surface area contributed by atoms with Crippen LogP contribution in [0.2, 0.25) is 5.02 Å². The van der Waals surface area contributed by atoms with Crippen molar-refractivity contribution in [2.45, 2.75) is 19.4 Å². The Morgan fingerprint density at radius 1 is 1.31 bits per heavy atom. The molecule has 0 radical (unpaired) electrons. The molecule has 0 spiro atoms. The van der Waals surface area contributed by atoms with Crippen LogP contribution in [-0.2, 0) is 4.79 Å². The first-order valence-electron chi connectivity index (χ1n) is 9.45. The first-order chi connectivity index (χ1) is 14.1. The molecule has 0 bridgehead atoms. The number of ether oxygens (including phenoxy) is 4. The maximum Gasteiger partial charge on any atom is 0.244 e. The number of fused-ring (bicyclic) bond motifs is 1. The number of amides is 1. The van der Waals surface area contributed by atoms with Crippen LogP contribution in [-0.4, -0.2) is 38.9 Å². The van der Waals surface area contributed by atoms with E-state index in [0.29, 0.717) is 47.8 Å². The highest BCUT2D eigenvalue weighted by Crippen LogP contribution is 2.37. The molecular weight excluding hydrogens is 394 g/mol. The monoisotopic (exact) mass is 417 g/mol. The standard InChI is InChI=1S/C22H24ClNO5/c1-3-10-27-22-17(23)11-15(12-20(22)26-2)8-9-21(25)24-13-16-14-28-18-6-4-5-7-19(18)29-16/h4-9,11-12,16H,3,10,13-14H2,1-2H3,(H,24,25)/b9-8+/t16-/m0/s1. The van der Waals surface area contributed by atoms with Gasteiger partial charge in [0, 0.05) is 6.08 Å². The van der Waals surface area contributed by atoms with E-state index in [-0.39, 0.29) is 12.0 Å². The molecule has 1 heterocycles. The molecule has 1 amide bonds. The average Bonchev–Trinajstić information content (AvgIpc) is 2.75. The smallest absolute Gasteiger partial charge is 0.244 e. The lowest BCUT2D eigenvalue weighted by molar-refractivity contribution is -0.116. The number of hydrogen-bond acceptors (Lipinski definition) is 5. The van der Waals surface area contributed by atoms with Gasteiger partial charge in [0.1, 0.15) is 12.7 Å². The molecule has 0 saturated carbocycles. The van der Waals surface area contributed by atoms with Crippen LogP contribution in [0.1, 0.15) is 18.9 Å². The summed E-state index contributed by atoms with van der Waals surface area (Å²) in [5, 5.41) is 3.25. The summed E-state index contributed by atoms with van der Waals surface area (Å²) in [4.78, 5) is 12.2. The van der Waals surface area contributed by atoms with E-state index in [1.54, 1.807) is 25.3 Å². The SMILES string of the molecule is CCCOc1c(Cl)cc(/C=C/C(=O)NC[C@H]2COc3ccccc3O2)cc1OC. The maximum atomic E-state index is 12.2. The van der Waals surface area contributed by atoms with Crippen molar-refractivity contribution in [2.24, 2.45) is 0 Å². The Hall–Kier alpha value is -2.86. The van der Waals surface area contributed by atoms with Gasteiger partial charge in [-0.15, -0.1) is 0 Å². The fraction of sp³-hybridized carbons (Fsp3) is 0.318. The summed E-state index contributed by atoms with van der Waals surface area (Å²) in [6.07, 6.45) is 3.73. The molecule has 1 aliphatic rings. The highest BCUT2D eigenvalue weighted by atomic mass is 35.5. The van der Waals surface area contributed by atoms with Crippen LogP contribution < -0.4 is 24.3 Å². The zero-order valence-electron chi connectivity index (χ0n) is 16.4. The quantitative estimate of drug-likeness (QED) is 0.655. The minimum Gasteiger partial charge on any atom is -0.493 e. The molecule has 154 valence electrons. The first kappa shape index (κ1) is 20.9. The van der Waals surface area contributed by atoms with Crippen molar-refractivity contribution in [2.75, 3.05) is 26.9 Å². The molecule has 0 aliphatic carbocycles. The van der Waals surface area contributed by atoms with Crippen molar-refractivity contribution in [3.05, 3.63) is 53.1 Å². The van der Waals surface area contributed by atoms with Crippen LogP contribution in [0.5, 0.6) is 23.0 Å². The summed E-state index contributed by atoms with van der Waals surface area (Å²) in [7, 11) is 1.55. The first-order valence-corrected chi connectivity index (χ1v) is 9.83. The fourth-order valence-corrected chi connectivity index (χ4v) is 3.06. The van der Waals surface area contributed by atoms with E-state index >= 15 is 0 Å². The minimum absolute atomic E-state index is 0.242. The largest absolute Gasteiger partial charge is 0.493 e. The summed E-state index contributed by atoms with van der Waals surface area (Å²) in [6.45, 7) is 3.28. The summed E-state index contributed by atoms with van der Waals surface area (Å²) in [5.74, 6) is 2.19. The number of nitrogens with one attached hydrogen (secondary N) is 1.